The molecule has 0 unspecified atom stereocenters. The van der Waals surface area contributed by atoms with Crippen LogP contribution in [0.3, 0.4) is 0 Å². The summed E-state index contributed by atoms with van der Waals surface area (Å²) in [4.78, 5) is 34.5. The summed E-state index contributed by atoms with van der Waals surface area (Å²) >= 11 is 0. The second-order valence-corrected chi connectivity index (χ2v) is 8.55. The smallest absolute Gasteiger partial charge is 0.254 e. The molecule has 1 fully saturated rings. The molecule has 176 valence electrons. The fourth-order valence-corrected chi connectivity index (χ4v) is 4.26. The Balaban J connectivity index is 1.48. The van der Waals surface area contributed by atoms with Crippen molar-refractivity contribution in [2.24, 2.45) is 0 Å². The van der Waals surface area contributed by atoms with Crippen LogP contribution in [0.5, 0.6) is 0 Å². The van der Waals surface area contributed by atoms with Crippen LogP contribution in [0.25, 0.3) is 0 Å². The summed E-state index contributed by atoms with van der Waals surface area (Å²) in [7, 11) is 1.62. The largest absolute Gasteiger partial charge is 0.379 e. The molecule has 0 aliphatic carbocycles. The average Bonchev–Trinajstić information content (AvgIpc) is 2.88. The lowest BCUT2D eigenvalue weighted by Crippen LogP contribution is -2.60. The van der Waals surface area contributed by atoms with E-state index < -0.39 is 6.04 Å². The van der Waals surface area contributed by atoms with E-state index >= 15 is 0 Å². The number of likely N-dealkylation sites (N-methyl/N-ethyl adjacent to an activating group) is 1. The molecule has 7 nitrogen and oxygen atoms in total. The number of carbonyl (C=O) groups is 2. The first-order chi connectivity index (χ1) is 16.5. The van der Waals surface area contributed by atoms with Crippen molar-refractivity contribution in [2.45, 2.75) is 26.1 Å². The lowest BCUT2D eigenvalue weighted by Gasteiger charge is -2.40. The third kappa shape index (κ3) is 5.61. The van der Waals surface area contributed by atoms with Crippen LogP contribution < -0.4 is 10.6 Å². The van der Waals surface area contributed by atoms with E-state index in [1.165, 1.54) is 5.56 Å². The summed E-state index contributed by atoms with van der Waals surface area (Å²) in [6, 6.07) is 21.1. The number of nitrogens with zero attached hydrogens (tertiary/aromatic N) is 3. The van der Waals surface area contributed by atoms with Gasteiger partial charge >= 0.3 is 0 Å². The first-order valence-corrected chi connectivity index (χ1v) is 11.6. The van der Waals surface area contributed by atoms with Crippen molar-refractivity contribution in [3.05, 3.63) is 95.3 Å². The van der Waals surface area contributed by atoms with Crippen molar-refractivity contribution in [2.75, 3.05) is 32.0 Å². The molecule has 1 saturated heterocycles. The standard InChI is InChI=1S/C27H31N5O2/c1-20-11-12-22(16-24(20)30-17-23-10-6-7-13-29-23)27(34)32-15-14-31(19-25(32)26(33)28-2)18-21-8-4-3-5-9-21/h3-13,16,25,30H,14-15,17-19H2,1-2H3,(H,28,33)/t25-/m1/s1. The zero-order valence-corrected chi connectivity index (χ0v) is 19.7. The molecule has 2 aromatic carbocycles. The van der Waals surface area contributed by atoms with E-state index in [1.807, 2.05) is 61.5 Å². The highest BCUT2D eigenvalue weighted by molar-refractivity contribution is 5.98. The van der Waals surface area contributed by atoms with Crippen molar-refractivity contribution in [1.29, 1.82) is 0 Å². The minimum atomic E-state index is -0.541. The van der Waals surface area contributed by atoms with E-state index in [-0.39, 0.29) is 11.8 Å². The Kier molecular flexibility index (Phi) is 7.54. The molecular weight excluding hydrogens is 426 g/mol. The number of nitrogens with one attached hydrogen (secondary N) is 2. The zero-order chi connectivity index (χ0) is 23.9. The monoisotopic (exact) mass is 457 g/mol. The maximum absolute atomic E-state index is 13.5. The molecule has 34 heavy (non-hydrogen) atoms. The van der Waals surface area contributed by atoms with Crippen LogP contribution in [0, 0.1) is 6.92 Å². The van der Waals surface area contributed by atoms with Crippen molar-refractivity contribution in [1.82, 2.24) is 20.1 Å². The van der Waals surface area contributed by atoms with E-state index in [2.05, 4.69) is 32.7 Å². The zero-order valence-electron chi connectivity index (χ0n) is 19.7. The topological polar surface area (TPSA) is 77.6 Å². The van der Waals surface area contributed by atoms with E-state index in [0.717, 1.165) is 23.5 Å². The number of carbonyl (C=O) groups excluding carboxylic acids is 2. The predicted octanol–water partition coefficient (Wildman–Crippen LogP) is 3.07. The molecular formula is C27H31N5O2. The summed E-state index contributed by atoms with van der Waals surface area (Å²) < 4.78 is 0. The lowest BCUT2D eigenvalue weighted by molar-refractivity contribution is -0.127. The van der Waals surface area contributed by atoms with Gasteiger partial charge in [-0.2, -0.15) is 0 Å². The molecule has 0 saturated carbocycles. The van der Waals surface area contributed by atoms with Crippen molar-refractivity contribution in [3.63, 3.8) is 0 Å². The van der Waals surface area contributed by atoms with Crippen LogP contribution >= 0.6 is 0 Å². The number of pyridine rings is 1. The molecule has 1 aliphatic heterocycles. The number of rotatable bonds is 7. The Morgan fingerprint density at radius 2 is 1.82 bits per heavy atom. The van der Waals surface area contributed by atoms with Gasteiger partial charge in [-0.25, -0.2) is 0 Å². The third-order valence-corrected chi connectivity index (χ3v) is 6.19. The molecule has 1 aromatic heterocycles. The molecule has 2 heterocycles. The Morgan fingerprint density at radius 1 is 1.03 bits per heavy atom. The first kappa shape index (κ1) is 23.4. The van der Waals surface area contributed by atoms with Crippen molar-refractivity contribution >= 4 is 17.5 Å². The predicted molar refractivity (Wildman–Crippen MR) is 133 cm³/mol. The van der Waals surface area contributed by atoms with Gasteiger partial charge in [-0.1, -0.05) is 42.5 Å². The van der Waals surface area contributed by atoms with Gasteiger partial charge in [-0.05, 0) is 42.3 Å². The summed E-state index contributed by atoms with van der Waals surface area (Å²) in [6.45, 7) is 5.03. The number of amides is 2. The average molecular weight is 458 g/mol. The number of benzene rings is 2. The Morgan fingerprint density at radius 3 is 2.56 bits per heavy atom. The number of aromatic nitrogens is 1. The maximum atomic E-state index is 13.5. The Hall–Kier alpha value is -3.71. The molecule has 3 aromatic rings. The van der Waals surface area contributed by atoms with Crippen LogP contribution in [0.1, 0.15) is 27.2 Å². The summed E-state index contributed by atoms with van der Waals surface area (Å²) in [6.07, 6.45) is 1.76. The fraction of sp³-hybridized carbons (Fsp3) is 0.296. The van der Waals surface area contributed by atoms with E-state index in [0.29, 0.717) is 31.7 Å². The normalized spacial score (nSPS) is 16.2. The van der Waals surface area contributed by atoms with Crippen molar-refractivity contribution < 1.29 is 9.59 Å². The summed E-state index contributed by atoms with van der Waals surface area (Å²) in [5, 5.41) is 6.12. The number of anilines is 1. The van der Waals surface area contributed by atoms with Gasteiger partial charge in [-0.3, -0.25) is 19.5 Å². The first-order valence-electron chi connectivity index (χ1n) is 11.6. The van der Waals surface area contributed by atoms with Crippen LogP contribution in [0.15, 0.2) is 72.9 Å². The Bertz CT molecular complexity index is 1120. The van der Waals surface area contributed by atoms with Crippen LogP contribution in [0.2, 0.25) is 0 Å². The molecule has 1 aliphatic rings. The second kappa shape index (κ2) is 10.9. The SMILES string of the molecule is CNC(=O)[C@H]1CN(Cc2ccccc2)CCN1C(=O)c1ccc(C)c(NCc2ccccn2)c1. The quantitative estimate of drug-likeness (QED) is 0.570. The molecule has 0 bridgehead atoms. The lowest BCUT2D eigenvalue weighted by atomic mass is 10.0. The van der Waals surface area contributed by atoms with Crippen LogP contribution in [0.4, 0.5) is 5.69 Å². The highest BCUT2D eigenvalue weighted by atomic mass is 16.2. The number of hydrogen-bond acceptors (Lipinski definition) is 5. The second-order valence-electron chi connectivity index (χ2n) is 8.55. The Labute approximate surface area is 200 Å². The van der Waals surface area contributed by atoms with Gasteiger partial charge in [-0.15, -0.1) is 0 Å². The van der Waals surface area contributed by atoms with Gasteiger partial charge in [0.2, 0.25) is 5.91 Å². The molecule has 7 heteroatoms. The van der Waals surface area contributed by atoms with Gasteiger partial charge in [0, 0.05) is 50.7 Å². The van der Waals surface area contributed by atoms with Crippen LogP contribution in [-0.2, 0) is 17.9 Å². The minimum absolute atomic E-state index is 0.131. The van der Waals surface area contributed by atoms with Crippen LogP contribution in [-0.4, -0.2) is 59.3 Å². The van der Waals surface area contributed by atoms with E-state index in [4.69, 9.17) is 0 Å². The molecule has 1 atom stereocenters. The maximum Gasteiger partial charge on any atom is 0.254 e. The van der Waals surface area contributed by atoms with Gasteiger partial charge in [0.25, 0.3) is 5.91 Å². The third-order valence-electron chi connectivity index (χ3n) is 6.19. The summed E-state index contributed by atoms with van der Waals surface area (Å²) in [5.74, 6) is -0.277. The highest BCUT2D eigenvalue weighted by Gasteiger charge is 2.35. The van der Waals surface area contributed by atoms with Gasteiger partial charge in [0.05, 0.1) is 12.2 Å². The number of piperazine rings is 1. The van der Waals surface area contributed by atoms with Crippen molar-refractivity contribution in [3.8, 4) is 0 Å². The highest BCUT2D eigenvalue weighted by Crippen LogP contribution is 2.22. The molecule has 0 spiro atoms. The fourth-order valence-electron chi connectivity index (χ4n) is 4.26. The molecule has 2 N–H and O–H groups in total. The minimum Gasteiger partial charge on any atom is -0.379 e. The summed E-state index contributed by atoms with van der Waals surface area (Å²) in [5.41, 5.74) is 4.62. The van der Waals surface area contributed by atoms with Gasteiger partial charge in [0.15, 0.2) is 0 Å². The molecule has 2 amide bonds. The molecule has 4 rings (SSSR count). The van der Waals surface area contributed by atoms with Gasteiger partial charge in [0.1, 0.15) is 6.04 Å². The number of aryl methyl sites for hydroxylation is 1. The van der Waals surface area contributed by atoms with E-state index in [1.54, 1.807) is 18.1 Å². The van der Waals surface area contributed by atoms with E-state index in [9.17, 15) is 9.59 Å². The van der Waals surface area contributed by atoms with Gasteiger partial charge < -0.3 is 15.5 Å². The number of hydrogen-bond donors (Lipinski definition) is 2. The molecule has 0 radical (unpaired) electrons.